The Morgan fingerprint density at radius 1 is 1.46 bits per heavy atom. The Kier molecular flexibility index (Phi) is 1.63. The van der Waals surface area contributed by atoms with Crippen LogP contribution in [0.2, 0.25) is 0 Å². The van der Waals surface area contributed by atoms with Gasteiger partial charge in [0.05, 0.1) is 0 Å². The van der Waals surface area contributed by atoms with Crippen LogP contribution in [0.15, 0.2) is 33.6 Å². The number of hydrogen-bond donors (Lipinski definition) is 2. The normalized spacial score (nSPS) is 10.2. The van der Waals surface area contributed by atoms with E-state index in [0.717, 1.165) is 0 Å². The Hall–Kier alpha value is -2.04. The van der Waals surface area contributed by atoms with Crippen LogP contribution in [0.1, 0.15) is 0 Å². The molecule has 0 aliphatic rings. The van der Waals surface area contributed by atoms with Gasteiger partial charge in [0, 0.05) is 5.56 Å². The van der Waals surface area contributed by atoms with E-state index in [9.17, 15) is 4.79 Å². The van der Waals surface area contributed by atoms with Crippen LogP contribution in [0.4, 0.5) is 0 Å². The van der Waals surface area contributed by atoms with Crippen molar-refractivity contribution in [1.29, 1.82) is 0 Å². The molecule has 5 heteroatoms. The molecular weight excluding hydrogens is 172 g/mol. The van der Waals surface area contributed by atoms with Crippen molar-refractivity contribution < 1.29 is 9.63 Å². The number of H-pyrrole nitrogens is 1. The summed E-state index contributed by atoms with van der Waals surface area (Å²) < 4.78 is 4.75. The van der Waals surface area contributed by atoms with Gasteiger partial charge in [-0.2, -0.15) is 10.1 Å². The summed E-state index contributed by atoms with van der Waals surface area (Å²) in [4.78, 5) is 14.2. The van der Waals surface area contributed by atoms with E-state index in [1.807, 2.05) is 0 Å². The fourth-order valence-electron chi connectivity index (χ4n) is 0.992. The van der Waals surface area contributed by atoms with Gasteiger partial charge in [-0.05, 0) is 18.2 Å². The molecule has 0 unspecified atom stereocenters. The average molecular weight is 178 g/mol. The number of nitrogens with zero attached hydrogens (tertiary/aromatic N) is 1. The van der Waals surface area contributed by atoms with Crippen molar-refractivity contribution in [1.82, 2.24) is 10.1 Å². The van der Waals surface area contributed by atoms with E-state index in [1.54, 1.807) is 12.1 Å². The average Bonchev–Trinajstić information content (AvgIpc) is 2.52. The van der Waals surface area contributed by atoms with Crippen molar-refractivity contribution in [3.05, 3.63) is 34.7 Å². The lowest BCUT2D eigenvalue weighted by molar-refractivity contribution is 0.424. The topological polar surface area (TPSA) is 79.1 Å². The molecule has 0 fully saturated rings. The van der Waals surface area contributed by atoms with Gasteiger partial charge in [-0.25, -0.2) is 4.79 Å². The Morgan fingerprint density at radius 3 is 2.92 bits per heavy atom. The molecule has 1 heterocycles. The van der Waals surface area contributed by atoms with E-state index in [-0.39, 0.29) is 11.6 Å². The standard InChI is InChI=1S/C8H6N2O3/c11-6-3-1-2-5(4-6)7-9-8(12)10-13-7/h1-4,11H,(H,10,12). The molecule has 2 rings (SSSR count). The molecule has 1 aromatic carbocycles. The van der Waals surface area contributed by atoms with Crippen molar-refractivity contribution in [3.63, 3.8) is 0 Å². The van der Waals surface area contributed by atoms with Gasteiger partial charge in [0.1, 0.15) is 5.75 Å². The Morgan fingerprint density at radius 2 is 2.31 bits per heavy atom. The lowest BCUT2D eigenvalue weighted by Gasteiger charge is -1.93. The van der Waals surface area contributed by atoms with Gasteiger partial charge in [-0.1, -0.05) is 6.07 Å². The van der Waals surface area contributed by atoms with Gasteiger partial charge < -0.3 is 9.63 Å². The number of phenols is 1. The highest BCUT2D eigenvalue weighted by atomic mass is 16.5. The summed E-state index contributed by atoms with van der Waals surface area (Å²) in [5, 5.41) is 11.2. The summed E-state index contributed by atoms with van der Waals surface area (Å²) in [5.74, 6) is 0.268. The van der Waals surface area contributed by atoms with Crippen LogP contribution < -0.4 is 5.69 Å². The maximum Gasteiger partial charge on any atom is 0.377 e. The highest BCUT2D eigenvalue weighted by Crippen LogP contribution is 2.19. The van der Waals surface area contributed by atoms with Crippen molar-refractivity contribution in [2.75, 3.05) is 0 Å². The number of aromatic hydroxyl groups is 1. The highest BCUT2D eigenvalue weighted by Gasteiger charge is 2.04. The highest BCUT2D eigenvalue weighted by molar-refractivity contribution is 5.54. The maximum atomic E-state index is 10.6. The number of rotatable bonds is 1. The van der Waals surface area contributed by atoms with Crippen LogP contribution in [0.3, 0.4) is 0 Å². The van der Waals surface area contributed by atoms with Gasteiger partial charge in [0.2, 0.25) is 0 Å². The molecule has 0 bridgehead atoms. The van der Waals surface area contributed by atoms with E-state index in [1.165, 1.54) is 12.1 Å². The second-order valence-corrected chi connectivity index (χ2v) is 2.48. The predicted octanol–water partition coefficient (Wildman–Crippen LogP) is 0.735. The van der Waals surface area contributed by atoms with Crippen molar-refractivity contribution in [2.24, 2.45) is 0 Å². The van der Waals surface area contributed by atoms with Gasteiger partial charge >= 0.3 is 5.69 Å². The zero-order valence-corrected chi connectivity index (χ0v) is 6.52. The van der Waals surface area contributed by atoms with E-state index < -0.39 is 5.69 Å². The smallest absolute Gasteiger partial charge is 0.377 e. The minimum atomic E-state index is -0.543. The first-order valence-corrected chi connectivity index (χ1v) is 3.60. The largest absolute Gasteiger partial charge is 0.508 e. The molecule has 0 amide bonds. The second kappa shape index (κ2) is 2.78. The second-order valence-electron chi connectivity index (χ2n) is 2.48. The molecule has 66 valence electrons. The zero-order valence-electron chi connectivity index (χ0n) is 6.52. The number of hydrogen-bond acceptors (Lipinski definition) is 4. The quantitative estimate of drug-likeness (QED) is 0.674. The fourth-order valence-corrected chi connectivity index (χ4v) is 0.992. The first-order chi connectivity index (χ1) is 6.25. The van der Waals surface area contributed by atoms with Gasteiger partial charge in [0.25, 0.3) is 5.89 Å². The van der Waals surface area contributed by atoms with Crippen LogP contribution in [0.25, 0.3) is 11.5 Å². The molecule has 5 nitrogen and oxygen atoms in total. The summed E-state index contributed by atoms with van der Waals surface area (Å²) in [6, 6.07) is 6.30. The number of nitrogens with one attached hydrogen (secondary N) is 1. The Labute approximate surface area is 72.6 Å². The van der Waals surface area contributed by atoms with E-state index in [0.29, 0.717) is 5.56 Å². The lowest BCUT2D eigenvalue weighted by atomic mass is 10.2. The zero-order chi connectivity index (χ0) is 9.26. The third-order valence-corrected chi connectivity index (χ3v) is 1.53. The number of benzene rings is 1. The van der Waals surface area contributed by atoms with E-state index in [2.05, 4.69) is 10.1 Å². The van der Waals surface area contributed by atoms with Crippen molar-refractivity contribution >= 4 is 0 Å². The van der Waals surface area contributed by atoms with Crippen LogP contribution in [0, 0.1) is 0 Å². The Balaban J connectivity index is 2.52. The minimum Gasteiger partial charge on any atom is -0.508 e. The Bertz CT molecular complexity index is 472. The van der Waals surface area contributed by atoms with Crippen molar-refractivity contribution in [3.8, 4) is 17.2 Å². The first-order valence-electron chi connectivity index (χ1n) is 3.60. The van der Waals surface area contributed by atoms with Crippen LogP contribution in [-0.2, 0) is 0 Å². The molecule has 0 saturated carbocycles. The van der Waals surface area contributed by atoms with Crippen molar-refractivity contribution in [2.45, 2.75) is 0 Å². The molecule has 0 atom stereocenters. The molecule has 0 spiro atoms. The van der Waals surface area contributed by atoms with E-state index in [4.69, 9.17) is 9.63 Å². The fraction of sp³-hybridized carbons (Fsp3) is 0. The van der Waals surface area contributed by atoms with Gasteiger partial charge in [-0.3, -0.25) is 0 Å². The molecule has 0 aliphatic carbocycles. The van der Waals surface area contributed by atoms with Crippen LogP contribution in [-0.4, -0.2) is 15.2 Å². The summed E-state index contributed by atoms with van der Waals surface area (Å²) in [6.07, 6.45) is 0. The molecule has 2 N–H and O–H groups in total. The molecule has 13 heavy (non-hydrogen) atoms. The molecule has 0 aliphatic heterocycles. The first kappa shape index (κ1) is 7.60. The molecule has 0 saturated heterocycles. The number of phenolic OH excluding ortho intramolecular Hbond substituents is 1. The third-order valence-electron chi connectivity index (χ3n) is 1.53. The summed E-state index contributed by atoms with van der Waals surface area (Å²) in [5.41, 5.74) is 0.0108. The van der Waals surface area contributed by atoms with Crippen LogP contribution >= 0.6 is 0 Å². The third kappa shape index (κ3) is 1.44. The number of aromatic amines is 1. The van der Waals surface area contributed by atoms with Gasteiger partial charge in [-0.15, -0.1) is 0 Å². The summed E-state index contributed by atoms with van der Waals surface area (Å²) in [6.45, 7) is 0. The maximum absolute atomic E-state index is 10.6. The SMILES string of the molecule is O=c1nc(-c2cccc(O)c2)o[nH]1. The number of aromatic nitrogens is 2. The van der Waals surface area contributed by atoms with E-state index >= 15 is 0 Å². The summed E-state index contributed by atoms with van der Waals surface area (Å²) >= 11 is 0. The monoisotopic (exact) mass is 178 g/mol. The molecule has 2 aromatic rings. The molecule has 1 aromatic heterocycles. The van der Waals surface area contributed by atoms with Gasteiger partial charge in [0.15, 0.2) is 0 Å². The molecular formula is C8H6N2O3. The lowest BCUT2D eigenvalue weighted by Crippen LogP contribution is -1.99. The van der Waals surface area contributed by atoms with Crippen LogP contribution in [0.5, 0.6) is 5.75 Å². The predicted molar refractivity (Wildman–Crippen MR) is 44.2 cm³/mol. The molecule has 0 radical (unpaired) electrons. The minimum absolute atomic E-state index is 0.100. The summed E-state index contributed by atoms with van der Waals surface area (Å²) in [7, 11) is 0.